The summed E-state index contributed by atoms with van der Waals surface area (Å²) < 4.78 is 29.3. The zero-order valence-electron chi connectivity index (χ0n) is 25.6. The summed E-state index contributed by atoms with van der Waals surface area (Å²) in [5.41, 5.74) is 2.55. The molecule has 0 spiro atoms. The number of benzene rings is 4. The van der Waals surface area contributed by atoms with Crippen LogP contribution < -0.4 is 9.62 Å². The van der Waals surface area contributed by atoms with Crippen molar-refractivity contribution in [2.24, 2.45) is 0 Å². The Morgan fingerprint density at radius 2 is 1.52 bits per heavy atom. The highest BCUT2D eigenvalue weighted by Gasteiger charge is 2.34. The van der Waals surface area contributed by atoms with E-state index in [4.69, 9.17) is 34.8 Å². The van der Waals surface area contributed by atoms with Crippen molar-refractivity contribution in [1.29, 1.82) is 0 Å². The molecule has 242 valence electrons. The SMILES string of the molecule is CCCCNC(=O)[C@@H](Cc1ccccc1)N(Cc1cccc(Cl)c1)C(=O)CN(c1ccc(Cl)c(Cl)c1)S(=O)(=O)c1ccc(C)cc1. The second kappa shape index (κ2) is 16.3. The minimum atomic E-state index is -4.27. The highest BCUT2D eigenvalue weighted by atomic mass is 35.5. The average Bonchev–Trinajstić information content (AvgIpc) is 3.03. The Morgan fingerprint density at radius 3 is 2.17 bits per heavy atom. The van der Waals surface area contributed by atoms with Gasteiger partial charge in [0.15, 0.2) is 0 Å². The molecule has 0 saturated carbocycles. The lowest BCUT2D eigenvalue weighted by molar-refractivity contribution is -0.140. The van der Waals surface area contributed by atoms with Crippen molar-refractivity contribution in [2.45, 2.75) is 50.6 Å². The Balaban J connectivity index is 1.81. The molecule has 2 amide bonds. The molecule has 11 heteroatoms. The fraction of sp³-hybridized carbons (Fsp3) is 0.257. The number of nitrogens with one attached hydrogen (secondary N) is 1. The maximum Gasteiger partial charge on any atom is 0.264 e. The number of hydrogen-bond acceptors (Lipinski definition) is 4. The predicted molar refractivity (Wildman–Crippen MR) is 186 cm³/mol. The van der Waals surface area contributed by atoms with Crippen molar-refractivity contribution in [2.75, 3.05) is 17.4 Å². The van der Waals surface area contributed by atoms with Gasteiger partial charge in [0.25, 0.3) is 10.0 Å². The normalized spacial score (nSPS) is 11.9. The number of unbranched alkanes of at least 4 members (excludes halogenated alkanes) is 1. The van der Waals surface area contributed by atoms with Gasteiger partial charge in [0.2, 0.25) is 11.8 Å². The van der Waals surface area contributed by atoms with Crippen molar-refractivity contribution in [3.63, 3.8) is 0 Å². The first kappa shape index (κ1) is 35.3. The topological polar surface area (TPSA) is 86.8 Å². The van der Waals surface area contributed by atoms with Gasteiger partial charge in [-0.25, -0.2) is 8.42 Å². The van der Waals surface area contributed by atoms with Crippen LogP contribution in [0.1, 0.15) is 36.5 Å². The van der Waals surface area contributed by atoms with E-state index in [0.717, 1.165) is 28.3 Å². The van der Waals surface area contributed by atoms with Gasteiger partial charge in [-0.2, -0.15) is 0 Å². The standard InChI is InChI=1S/C35H36Cl3N3O4S/c1-3-4-19-39-35(43)33(21-26-9-6-5-7-10-26)40(23-27-11-8-12-28(36)20-27)34(42)24-41(29-15-18-31(37)32(38)22-29)46(44,45)30-16-13-25(2)14-17-30/h5-18,20,22,33H,3-4,19,21,23-24H2,1-2H3,(H,39,43)/t33-/m1/s1. The molecule has 1 atom stereocenters. The molecule has 0 fully saturated rings. The molecule has 0 aromatic heterocycles. The lowest BCUT2D eigenvalue weighted by Crippen LogP contribution is -2.53. The Bertz CT molecular complexity index is 1750. The van der Waals surface area contributed by atoms with Crippen LogP contribution in [0, 0.1) is 6.92 Å². The van der Waals surface area contributed by atoms with Gasteiger partial charge in [-0.15, -0.1) is 0 Å². The smallest absolute Gasteiger partial charge is 0.264 e. The van der Waals surface area contributed by atoms with E-state index in [-0.39, 0.29) is 39.5 Å². The molecule has 0 saturated heterocycles. The first-order valence-electron chi connectivity index (χ1n) is 14.9. The van der Waals surface area contributed by atoms with Gasteiger partial charge in [-0.3, -0.25) is 13.9 Å². The molecule has 0 aliphatic rings. The number of halogens is 3. The van der Waals surface area contributed by atoms with E-state index < -0.39 is 28.5 Å². The molecule has 46 heavy (non-hydrogen) atoms. The number of rotatable bonds is 14. The van der Waals surface area contributed by atoms with E-state index in [2.05, 4.69) is 5.32 Å². The Labute approximate surface area is 286 Å². The number of sulfonamides is 1. The summed E-state index contributed by atoms with van der Waals surface area (Å²) in [4.78, 5) is 29.8. The lowest BCUT2D eigenvalue weighted by Gasteiger charge is -2.34. The summed E-state index contributed by atoms with van der Waals surface area (Å²) in [5, 5.41) is 3.81. The second-order valence-corrected chi connectivity index (χ2v) is 14.0. The summed E-state index contributed by atoms with van der Waals surface area (Å²) in [6, 6.07) is 26.2. The minimum Gasteiger partial charge on any atom is -0.354 e. The molecule has 4 aromatic carbocycles. The third-order valence-corrected chi connectivity index (χ3v) is 10.2. The number of aryl methyl sites for hydroxylation is 1. The second-order valence-electron chi connectivity index (χ2n) is 10.9. The number of anilines is 1. The zero-order valence-corrected chi connectivity index (χ0v) is 28.7. The molecular formula is C35H36Cl3N3O4S. The van der Waals surface area contributed by atoms with Crippen LogP contribution in [0.25, 0.3) is 0 Å². The van der Waals surface area contributed by atoms with Crippen molar-refractivity contribution in [1.82, 2.24) is 10.2 Å². The van der Waals surface area contributed by atoms with Gasteiger partial charge in [-0.05, 0) is 66.9 Å². The van der Waals surface area contributed by atoms with Crippen molar-refractivity contribution >= 4 is 62.3 Å². The van der Waals surface area contributed by atoms with Gasteiger partial charge >= 0.3 is 0 Å². The fourth-order valence-electron chi connectivity index (χ4n) is 4.90. The van der Waals surface area contributed by atoms with Gasteiger partial charge in [0, 0.05) is 24.5 Å². The Morgan fingerprint density at radius 1 is 0.826 bits per heavy atom. The van der Waals surface area contributed by atoms with Crippen LogP contribution in [0.5, 0.6) is 0 Å². The molecule has 0 aliphatic heterocycles. The highest BCUT2D eigenvalue weighted by Crippen LogP contribution is 2.31. The van der Waals surface area contributed by atoms with Crippen LogP contribution in [0.4, 0.5) is 5.69 Å². The highest BCUT2D eigenvalue weighted by molar-refractivity contribution is 7.92. The zero-order chi connectivity index (χ0) is 33.3. The van der Waals surface area contributed by atoms with E-state index >= 15 is 0 Å². The number of hydrogen-bond donors (Lipinski definition) is 1. The number of nitrogens with zero attached hydrogens (tertiary/aromatic N) is 2. The number of carbonyl (C=O) groups excluding carboxylic acids is 2. The van der Waals surface area contributed by atoms with Crippen molar-refractivity contribution < 1.29 is 18.0 Å². The van der Waals surface area contributed by atoms with Crippen LogP contribution in [-0.4, -0.2) is 44.3 Å². The van der Waals surface area contributed by atoms with Gasteiger partial charge in [-0.1, -0.05) is 108 Å². The van der Waals surface area contributed by atoms with E-state index in [1.807, 2.05) is 44.2 Å². The Kier molecular flexibility index (Phi) is 12.5. The van der Waals surface area contributed by atoms with E-state index in [1.165, 1.54) is 35.2 Å². The molecule has 4 aromatic rings. The van der Waals surface area contributed by atoms with Crippen LogP contribution >= 0.6 is 34.8 Å². The van der Waals surface area contributed by atoms with Crippen molar-refractivity contribution in [3.05, 3.63) is 129 Å². The summed E-state index contributed by atoms with van der Waals surface area (Å²) in [6.07, 6.45) is 1.86. The summed E-state index contributed by atoms with van der Waals surface area (Å²) >= 11 is 18.8. The maximum atomic E-state index is 14.5. The van der Waals surface area contributed by atoms with Crippen LogP contribution in [0.15, 0.2) is 102 Å². The number of amides is 2. The van der Waals surface area contributed by atoms with Crippen LogP contribution in [-0.2, 0) is 32.6 Å². The summed E-state index contributed by atoms with van der Waals surface area (Å²) in [5.74, 6) is -0.927. The van der Waals surface area contributed by atoms with E-state index in [9.17, 15) is 18.0 Å². The largest absolute Gasteiger partial charge is 0.354 e. The molecule has 4 rings (SSSR count). The molecular weight excluding hydrogens is 665 g/mol. The molecule has 1 N–H and O–H groups in total. The Hall–Kier alpha value is -3.56. The van der Waals surface area contributed by atoms with Gasteiger partial charge in [0.1, 0.15) is 12.6 Å². The molecule has 0 heterocycles. The molecule has 0 unspecified atom stereocenters. The monoisotopic (exact) mass is 699 g/mol. The quantitative estimate of drug-likeness (QED) is 0.137. The van der Waals surface area contributed by atoms with Crippen LogP contribution in [0.3, 0.4) is 0 Å². The average molecular weight is 701 g/mol. The fourth-order valence-corrected chi connectivity index (χ4v) is 6.81. The summed E-state index contributed by atoms with van der Waals surface area (Å²) in [6.45, 7) is 3.72. The van der Waals surface area contributed by atoms with Crippen LogP contribution in [0.2, 0.25) is 15.1 Å². The third-order valence-electron chi connectivity index (χ3n) is 7.42. The third kappa shape index (κ3) is 9.26. The molecule has 7 nitrogen and oxygen atoms in total. The van der Waals surface area contributed by atoms with Gasteiger partial charge < -0.3 is 10.2 Å². The number of carbonyl (C=O) groups is 2. The molecule has 0 aliphatic carbocycles. The first-order chi connectivity index (χ1) is 22.0. The lowest BCUT2D eigenvalue weighted by atomic mass is 10.0. The van der Waals surface area contributed by atoms with Crippen molar-refractivity contribution in [3.8, 4) is 0 Å². The van der Waals surface area contributed by atoms with E-state index in [1.54, 1.807) is 36.4 Å². The maximum absolute atomic E-state index is 14.5. The predicted octanol–water partition coefficient (Wildman–Crippen LogP) is 7.71. The van der Waals surface area contributed by atoms with E-state index in [0.29, 0.717) is 17.1 Å². The first-order valence-corrected chi connectivity index (χ1v) is 17.5. The minimum absolute atomic E-state index is 0.00323. The molecule has 0 bridgehead atoms. The van der Waals surface area contributed by atoms with Gasteiger partial charge in [0.05, 0.1) is 20.6 Å². The summed E-state index contributed by atoms with van der Waals surface area (Å²) in [7, 11) is -4.27. The molecule has 0 radical (unpaired) electrons.